The largest absolute Gasteiger partial charge is 0.497 e. The maximum absolute atomic E-state index is 12.1. The quantitative estimate of drug-likeness (QED) is 0.649. The molecule has 2 aromatic rings. The van der Waals surface area contributed by atoms with Gasteiger partial charge < -0.3 is 10.1 Å². The van der Waals surface area contributed by atoms with E-state index in [-0.39, 0.29) is 11.7 Å². The topological polar surface area (TPSA) is 55.4 Å². The summed E-state index contributed by atoms with van der Waals surface area (Å²) in [4.78, 5) is 23.4. The molecule has 0 unspecified atom stereocenters. The van der Waals surface area contributed by atoms with Crippen LogP contribution < -0.4 is 10.1 Å². The van der Waals surface area contributed by atoms with E-state index in [2.05, 4.69) is 5.32 Å². The van der Waals surface area contributed by atoms with Gasteiger partial charge in [-0.15, -0.1) is 0 Å². The molecule has 0 radical (unpaired) electrons. The SMILES string of the molecule is CCC(=O)Nc1ccc(C(=O)/C=C/c2ccc(OC)cc2)cc1. The number of ether oxygens (including phenoxy) is 1. The number of benzene rings is 2. The first-order valence-corrected chi connectivity index (χ1v) is 7.38. The van der Waals surface area contributed by atoms with Gasteiger partial charge in [-0.3, -0.25) is 9.59 Å². The van der Waals surface area contributed by atoms with Crippen molar-refractivity contribution in [2.75, 3.05) is 12.4 Å². The van der Waals surface area contributed by atoms with E-state index in [1.165, 1.54) is 6.08 Å². The molecule has 2 rings (SSSR count). The molecule has 4 nitrogen and oxygen atoms in total. The Morgan fingerprint density at radius 1 is 1.04 bits per heavy atom. The second-order valence-electron chi connectivity index (χ2n) is 4.95. The van der Waals surface area contributed by atoms with E-state index in [0.717, 1.165) is 11.3 Å². The molecular weight excluding hydrogens is 290 g/mol. The molecule has 0 atom stereocenters. The van der Waals surface area contributed by atoms with Crippen LogP contribution in [0, 0.1) is 0 Å². The van der Waals surface area contributed by atoms with Crippen LogP contribution in [0.3, 0.4) is 0 Å². The van der Waals surface area contributed by atoms with Gasteiger partial charge in [0.1, 0.15) is 5.75 Å². The highest BCUT2D eigenvalue weighted by atomic mass is 16.5. The van der Waals surface area contributed by atoms with Gasteiger partial charge in [0.2, 0.25) is 5.91 Å². The molecule has 0 aliphatic heterocycles. The zero-order chi connectivity index (χ0) is 16.7. The summed E-state index contributed by atoms with van der Waals surface area (Å²) >= 11 is 0. The summed E-state index contributed by atoms with van der Waals surface area (Å²) < 4.78 is 5.09. The molecule has 0 saturated heterocycles. The van der Waals surface area contributed by atoms with Crippen LogP contribution in [-0.4, -0.2) is 18.8 Å². The second kappa shape index (κ2) is 7.94. The molecule has 0 bridgehead atoms. The van der Waals surface area contributed by atoms with Crippen molar-refractivity contribution in [2.45, 2.75) is 13.3 Å². The molecule has 1 amide bonds. The van der Waals surface area contributed by atoms with Crippen molar-refractivity contribution in [3.8, 4) is 5.75 Å². The Morgan fingerprint density at radius 2 is 1.70 bits per heavy atom. The van der Waals surface area contributed by atoms with Crippen LogP contribution in [0.4, 0.5) is 5.69 Å². The first-order chi connectivity index (χ1) is 11.1. The molecule has 0 aliphatic carbocycles. The van der Waals surface area contributed by atoms with E-state index in [0.29, 0.717) is 17.7 Å². The zero-order valence-electron chi connectivity index (χ0n) is 13.2. The van der Waals surface area contributed by atoms with Gasteiger partial charge in [-0.1, -0.05) is 25.1 Å². The number of rotatable bonds is 6. The molecule has 2 aromatic carbocycles. The van der Waals surface area contributed by atoms with Gasteiger partial charge in [-0.05, 0) is 48.0 Å². The minimum atomic E-state index is -0.0887. The van der Waals surface area contributed by atoms with Crippen molar-refractivity contribution in [3.05, 3.63) is 65.7 Å². The monoisotopic (exact) mass is 309 g/mol. The Hall–Kier alpha value is -2.88. The van der Waals surface area contributed by atoms with E-state index >= 15 is 0 Å². The third kappa shape index (κ3) is 4.81. The summed E-state index contributed by atoms with van der Waals surface area (Å²) in [6.45, 7) is 1.79. The third-order valence-electron chi connectivity index (χ3n) is 3.32. The Bertz CT molecular complexity index is 700. The minimum Gasteiger partial charge on any atom is -0.497 e. The number of ketones is 1. The van der Waals surface area contributed by atoms with Gasteiger partial charge in [-0.25, -0.2) is 0 Å². The molecule has 0 spiro atoms. The molecular formula is C19H19NO3. The lowest BCUT2D eigenvalue weighted by Gasteiger charge is -2.04. The van der Waals surface area contributed by atoms with Crippen LogP contribution in [-0.2, 0) is 4.79 Å². The first kappa shape index (κ1) is 16.5. The maximum atomic E-state index is 12.1. The average molecular weight is 309 g/mol. The lowest BCUT2D eigenvalue weighted by Crippen LogP contribution is -2.09. The van der Waals surface area contributed by atoms with E-state index < -0.39 is 0 Å². The van der Waals surface area contributed by atoms with Crippen LogP contribution in [0.15, 0.2) is 54.6 Å². The van der Waals surface area contributed by atoms with Crippen LogP contribution in [0.5, 0.6) is 5.75 Å². The van der Waals surface area contributed by atoms with Crippen molar-refractivity contribution in [3.63, 3.8) is 0 Å². The fraction of sp³-hybridized carbons (Fsp3) is 0.158. The molecule has 118 valence electrons. The number of allylic oxidation sites excluding steroid dienone is 1. The smallest absolute Gasteiger partial charge is 0.224 e. The summed E-state index contributed by atoms with van der Waals surface area (Å²) in [6.07, 6.45) is 3.71. The lowest BCUT2D eigenvalue weighted by atomic mass is 10.1. The van der Waals surface area contributed by atoms with E-state index in [4.69, 9.17) is 4.74 Å². The average Bonchev–Trinajstić information content (AvgIpc) is 2.60. The van der Waals surface area contributed by atoms with Gasteiger partial charge in [0, 0.05) is 17.7 Å². The Balaban J connectivity index is 2.02. The summed E-state index contributed by atoms with van der Waals surface area (Å²) in [6, 6.07) is 14.3. The number of anilines is 1. The molecule has 4 heteroatoms. The highest BCUT2D eigenvalue weighted by molar-refractivity contribution is 6.07. The first-order valence-electron chi connectivity index (χ1n) is 7.38. The standard InChI is InChI=1S/C19H19NO3/c1-3-19(22)20-16-9-7-15(8-10-16)18(21)13-6-14-4-11-17(23-2)12-5-14/h4-13H,3H2,1-2H3,(H,20,22)/b13-6+. The Morgan fingerprint density at radius 3 is 2.26 bits per heavy atom. The van der Waals surface area contributed by atoms with Gasteiger partial charge in [0.15, 0.2) is 5.78 Å². The van der Waals surface area contributed by atoms with Crippen molar-refractivity contribution < 1.29 is 14.3 Å². The zero-order valence-corrected chi connectivity index (χ0v) is 13.2. The maximum Gasteiger partial charge on any atom is 0.224 e. The molecule has 23 heavy (non-hydrogen) atoms. The Labute approximate surface area is 135 Å². The van der Waals surface area contributed by atoms with Gasteiger partial charge in [0.25, 0.3) is 0 Å². The highest BCUT2D eigenvalue weighted by Crippen LogP contribution is 2.14. The van der Waals surface area contributed by atoms with Crippen LogP contribution in [0.25, 0.3) is 6.08 Å². The van der Waals surface area contributed by atoms with E-state index in [9.17, 15) is 9.59 Å². The number of carbonyl (C=O) groups is 2. The molecule has 0 aliphatic rings. The van der Waals surface area contributed by atoms with E-state index in [1.54, 1.807) is 44.4 Å². The van der Waals surface area contributed by atoms with Crippen molar-refractivity contribution in [2.24, 2.45) is 0 Å². The number of amides is 1. The number of hydrogen-bond acceptors (Lipinski definition) is 3. The summed E-state index contributed by atoms with van der Waals surface area (Å²) in [5.41, 5.74) is 2.18. The second-order valence-corrected chi connectivity index (χ2v) is 4.95. The summed E-state index contributed by atoms with van der Waals surface area (Å²) in [7, 11) is 1.61. The lowest BCUT2D eigenvalue weighted by molar-refractivity contribution is -0.115. The predicted molar refractivity (Wildman–Crippen MR) is 91.7 cm³/mol. The van der Waals surface area contributed by atoms with Crippen LogP contribution in [0.1, 0.15) is 29.3 Å². The number of hydrogen-bond donors (Lipinski definition) is 1. The van der Waals surface area contributed by atoms with Crippen molar-refractivity contribution in [1.82, 2.24) is 0 Å². The normalized spacial score (nSPS) is 10.5. The van der Waals surface area contributed by atoms with Gasteiger partial charge in [0.05, 0.1) is 7.11 Å². The Kier molecular flexibility index (Phi) is 5.69. The van der Waals surface area contributed by atoms with Crippen LogP contribution in [0.2, 0.25) is 0 Å². The number of nitrogens with one attached hydrogen (secondary N) is 1. The van der Waals surface area contributed by atoms with Crippen LogP contribution >= 0.6 is 0 Å². The number of carbonyl (C=O) groups excluding carboxylic acids is 2. The molecule has 0 saturated carbocycles. The highest BCUT2D eigenvalue weighted by Gasteiger charge is 2.03. The molecule has 0 heterocycles. The summed E-state index contributed by atoms with van der Waals surface area (Å²) in [5, 5.41) is 2.75. The van der Waals surface area contributed by atoms with E-state index in [1.807, 2.05) is 24.3 Å². The van der Waals surface area contributed by atoms with Crippen molar-refractivity contribution in [1.29, 1.82) is 0 Å². The molecule has 0 aromatic heterocycles. The molecule has 1 N–H and O–H groups in total. The fourth-order valence-corrected chi connectivity index (χ4v) is 1.95. The predicted octanol–water partition coefficient (Wildman–Crippen LogP) is 3.94. The minimum absolute atomic E-state index is 0.0523. The third-order valence-corrected chi connectivity index (χ3v) is 3.32. The fourth-order valence-electron chi connectivity index (χ4n) is 1.95. The van der Waals surface area contributed by atoms with Crippen molar-refractivity contribution >= 4 is 23.5 Å². The molecule has 0 fully saturated rings. The number of methoxy groups -OCH3 is 1. The van der Waals surface area contributed by atoms with Gasteiger partial charge in [-0.2, -0.15) is 0 Å². The van der Waals surface area contributed by atoms with Gasteiger partial charge >= 0.3 is 0 Å². The summed E-state index contributed by atoms with van der Waals surface area (Å²) in [5.74, 6) is 0.635.